The first kappa shape index (κ1) is 14.0. The second-order valence-electron chi connectivity index (χ2n) is 5.44. The Balaban J connectivity index is 2.01. The molecule has 2 unspecified atom stereocenters. The number of nitrogens with one attached hydrogen (secondary N) is 1. The van der Waals surface area contributed by atoms with Crippen molar-refractivity contribution in [1.29, 1.82) is 0 Å². The van der Waals surface area contributed by atoms with Gasteiger partial charge < -0.3 is 10.4 Å². The molecule has 2 N–H and O–H groups in total. The van der Waals surface area contributed by atoms with Crippen LogP contribution in [0.3, 0.4) is 0 Å². The minimum atomic E-state index is -0.256. The van der Waals surface area contributed by atoms with Crippen LogP contribution >= 0.6 is 11.3 Å². The standard InChI is InChI=1S/C14H24N2OS/c1-4-13-16-11-7-5-6-10(14(11)18-13)15-8-12(17)9(2)3/h9-10,12,15,17H,4-8H2,1-3H3. The molecule has 4 heteroatoms. The van der Waals surface area contributed by atoms with Crippen molar-refractivity contribution >= 4 is 11.3 Å². The second-order valence-corrected chi connectivity index (χ2v) is 6.55. The molecule has 2 rings (SSSR count). The van der Waals surface area contributed by atoms with Gasteiger partial charge in [-0.25, -0.2) is 4.98 Å². The number of thiazole rings is 1. The smallest absolute Gasteiger partial charge is 0.0928 e. The molecule has 1 aliphatic rings. The van der Waals surface area contributed by atoms with Crippen molar-refractivity contribution in [2.75, 3.05) is 6.54 Å². The molecular formula is C14H24N2OS. The van der Waals surface area contributed by atoms with Gasteiger partial charge in [-0.15, -0.1) is 11.3 Å². The maximum atomic E-state index is 9.88. The molecule has 3 nitrogen and oxygen atoms in total. The van der Waals surface area contributed by atoms with Crippen LogP contribution in [0.25, 0.3) is 0 Å². The largest absolute Gasteiger partial charge is 0.392 e. The highest BCUT2D eigenvalue weighted by atomic mass is 32.1. The number of nitrogens with zero attached hydrogens (tertiary/aromatic N) is 1. The summed E-state index contributed by atoms with van der Waals surface area (Å²) in [5, 5.41) is 14.6. The molecule has 0 spiro atoms. The summed E-state index contributed by atoms with van der Waals surface area (Å²) in [6, 6.07) is 0.403. The molecular weight excluding hydrogens is 244 g/mol. The zero-order valence-electron chi connectivity index (χ0n) is 11.6. The average Bonchev–Trinajstić information content (AvgIpc) is 2.79. The van der Waals surface area contributed by atoms with E-state index in [1.165, 1.54) is 28.4 Å². The van der Waals surface area contributed by atoms with Crippen molar-refractivity contribution < 1.29 is 5.11 Å². The maximum absolute atomic E-state index is 9.88. The van der Waals surface area contributed by atoms with E-state index in [2.05, 4.69) is 26.1 Å². The van der Waals surface area contributed by atoms with Gasteiger partial charge in [0.05, 0.1) is 16.8 Å². The van der Waals surface area contributed by atoms with E-state index in [1.54, 1.807) is 0 Å². The van der Waals surface area contributed by atoms with E-state index in [9.17, 15) is 5.11 Å². The van der Waals surface area contributed by atoms with Crippen LogP contribution in [0.15, 0.2) is 0 Å². The SMILES string of the molecule is CCc1nc2c(s1)C(NCC(O)C(C)C)CCC2. The predicted molar refractivity (Wildman–Crippen MR) is 76.0 cm³/mol. The highest BCUT2D eigenvalue weighted by Gasteiger charge is 2.24. The minimum absolute atomic E-state index is 0.256. The Morgan fingerprint density at radius 1 is 1.50 bits per heavy atom. The van der Waals surface area contributed by atoms with E-state index in [0.717, 1.165) is 12.8 Å². The Kier molecular flexibility index (Phi) is 4.76. The third-order valence-electron chi connectivity index (χ3n) is 3.64. The van der Waals surface area contributed by atoms with Gasteiger partial charge in [-0.2, -0.15) is 0 Å². The van der Waals surface area contributed by atoms with E-state index in [-0.39, 0.29) is 6.10 Å². The van der Waals surface area contributed by atoms with E-state index in [4.69, 9.17) is 4.98 Å². The molecule has 1 aromatic heterocycles. The number of aryl methyl sites for hydroxylation is 2. The number of aliphatic hydroxyl groups is 1. The lowest BCUT2D eigenvalue weighted by Crippen LogP contribution is -2.34. The van der Waals surface area contributed by atoms with E-state index in [0.29, 0.717) is 18.5 Å². The third-order valence-corrected chi connectivity index (χ3v) is 5.00. The Morgan fingerprint density at radius 2 is 2.28 bits per heavy atom. The number of hydrogen-bond acceptors (Lipinski definition) is 4. The Hall–Kier alpha value is -0.450. The Labute approximate surface area is 114 Å². The van der Waals surface area contributed by atoms with Crippen molar-refractivity contribution in [3.05, 3.63) is 15.6 Å². The summed E-state index contributed by atoms with van der Waals surface area (Å²) in [6.45, 7) is 6.96. The number of rotatable bonds is 5. The van der Waals surface area contributed by atoms with Crippen molar-refractivity contribution in [3.63, 3.8) is 0 Å². The fourth-order valence-corrected chi connectivity index (χ4v) is 3.48. The molecule has 2 atom stereocenters. The molecule has 0 radical (unpaired) electrons. The molecule has 0 fully saturated rings. The van der Waals surface area contributed by atoms with Crippen LogP contribution in [-0.4, -0.2) is 22.7 Å². The fraction of sp³-hybridized carbons (Fsp3) is 0.786. The second kappa shape index (κ2) is 6.13. The normalized spacial score (nSPS) is 21.1. The van der Waals surface area contributed by atoms with Crippen LogP contribution in [0.1, 0.15) is 55.2 Å². The lowest BCUT2D eigenvalue weighted by Gasteiger charge is -2.25. The first-order valence-electron chi connectivity index (χ1n) is 7.01. The van der Waals surface area contributed by atoms with Gasteiger partial charge in [-0.1, -0.05) is 20.8 Å². The van der Waals surface area contributed by atoms with Gasteiger partial charge in [0.1, 0.15) is 0 Å². The van der Waals surface area contributed by atoms with Crippen LogP contribution in [0.2, 0.25) is 0 Å². The summed E-state index contributed by atoms with van der Waals surface area (Å²) in [7, 11) is 0. The van der Waals surface area contributed by atoms with Crippen molar-refractivity contribution in [3.8, 4) is 0 Å². The molecule has 0 bridgehead atoms. The molecule has 0 amide bonds. The molecule has 18 heavy (non-hydrogen) atoms. The lowest BCUT2D eigenvalue weighted by molar-refractivity contribution is 0.119. The van der Waals surface area contributed by atoms with Crippen LogP contribution in [0.4, 0.5) is 0 Å². The molecule has 0 saturated carbocycles. The summed E-state index contributed by atoms with van der Waals surface area (Å²) in [4.78, 5) is 6.11. The topological polar surface area (TPSA) is 45.2 Å². The van der Waals surface area contributed by atoms with Gasteiger partial charge in [0.25, 0.3) is 0 Å². The molecule has 0 saturated heterocycles. The summed E-state index contributed by atoms with van der Waals surface area (Å²) in [5.41, 5.74) is 1.29. The monoisotopic (exact) mass is 268 g/mol. The quantitative estimate of drug-likeness (QED) is 0.863. The molecule has 1 aromatic rings. The van der Waals surface area contributed by atoms with Crippen molar-refractivity contribution in [2.45, 2.75) is 58.6 Å². The van der Waals surface area contributed by atoms with Crippen LogP contribution in [0, 0.1) is 5.92 Å². The van der Waals surface area contributed by atoms with Gasteiger partial charge in [-0.3, -0.25) is 0 Å². The molecule has 1 heterocycles. The zero-order chi connectivity index (χ0) is 13.1. The van der Waals surface area contributed by atoms with E-state index in [1.807, 2.05) is 11.3 Å². The molecule has 1 aliphatic carbocycles. The molecule has 102 valence electrons. The first-order chi connectivity index (χ1) is 8.61. The summed E-state index contributed by atoms with van der Waals surface area (Å²) in [5.74, 6) is 0.313. The van der Waals surface area contributed by atoms with Crippen LogP contribution in [0.5, 0.6) is 0 Å². The first-order valence-corrected chi connectivity index (χ1v) is 7.83. The van der Waals surface area contributed by atoms with Crippen molar-refractivity contribution in [1.82, 2.24) is 10.3 Å². The minimum Gasteiger partial charge on any atom is -0.392 e. The average molecular weight is 268 g/mol. The third kappa shape index (κ3) is 3.11. The van der Waals surface area contributed by atoms with E-state index < -0.39 is 0 Å². The van der Waals surface area contributed by atoms with Gasteiger partial charge in [-0.05, 0) is 31.6 Å². The number of fused-ring (bicyclic) bond motifs is 1. The molecule has 0 aromatic carbocycles. The number of aliphatic hydroxyl groups excluding tert-OH is 1. The number of aromatic nitrogens is 1. The summed E-state index contributed by atoms with van der Waals surface area (Å²) < 4.78 is 0. The van der Waals surface area contributed by atoms with E-state index >= 15 is 0 Å². The zero-order valence-corrected chi connectivity index (χ0v) is 12.4. The fourth-order valence-electron chi connectivity index (χ4n) is 2.32. The van der Waals surface area contributed by atoms with Crippen LogP contribution < -0.4 is 5.32 Å². The summed E-state index contributed by atoms with van der Waals surface area (Å²) >= 11 is 1.85. The van der Waals surface area contributed by atoms with Gasteiger partial charge >= 0.3 is 0 Å². The predicted octanol–water partition coefficient (Wildman–Crippen LogP) is 2.69. The summed E-state index contributed by atoms with van der Waals surface area (Å²) in [6.07, 6.45) is 4.27. The van der Waals surface area contributed by atoms with Crippen LogP contribution in [-0.2, 0) is 12.8 Å². The maximum Gasteiger partial charge on any atom is 0.0928 e. The molecule has 0 aliphatic heterocycles. The Morgan fingerprint density at radius 3 is 2.94 bits per heavy atom. The Bertz CT molecular complexity index is 389. The highest BCUT2D eigenvalue weighted by molar-refractivity contribution is 7.11. The highest BCUT2D eigenvalue weighted by Crippen LogP contribution is 2.34. The van der Waals surface area contributed by atoms with Crippen molar-refractivity contribution in [2.24, 2.45) is 5.92 Å². The van der Waals surface area contributed by atoms with Gasteiger partial charge in [0, 0.05) is 17.5 Å². The number of hydrogen-bond donors (Lipinski definition) is 2. The lowest BCUT2D eigenvalue weighted by atomic mass is 9.97. The van der Waals surface area contributed by atoms with Gasteiger partial charge in [0.2, 0.25) is 0 Å². The van der Waals surface area contributed by atoms with Gasteiger partial charge in [0.15, 0.2) is 0 Å².